The van der Waals surface area contributed by atoms with Crippen LogP contribution in [0.3, 0.4) is 0 Å². The third-order valence-electron chi connectivity index (χ3n) is 3.63. The number of halogens is 1. The molecule has 2 aromatic rings. The molecule has 0 aliphatic carbocycles. The third-order valence-corrected chi connectivity index (χ3v) is 3.63. The van der Waals surface area contributed by atoms with Crippen molar-refractivity contribution in [2.75, 3.05) is 0 Å². The maximum absolute atomic E-state index is 13.7. The summed E-state index contributed by atoms with van der Waals surface area (Å²) in [5.74, 6) is -1.85. The van der Waals surface area contributed by atoms with Gasteiger partial charge in [-0.15, -0.1) is 0 Å². The molecule has 2 rings (SSSR count). The quantitative estimate of drug-likeness (QED) is 0.877. The van der Waals surface area contributed by atoms with E-state index in [-0.39, 0.29) is 23.8 Å². The molecular formula is C18H20FNO4. The van der Waals surface area contributed by atoms with E-state index in [1.54, 1.807) is 18.4 Å². The van der Waals surface area contributed by atoms with E-state index in [1.807, 2.05) is 20.8 Å². The molecule has 6 heteroatoms. The molecule has 24 heavy (non-hydrogen) atoms. The Bertz CT molecular complexity index is 732. The molecule has 0 saturated carbocycles. The minimum Gasteiger partial charge on any atom is -0.478 e. The van der Waals surface area contributed by atoms with Crippen molar-refractivity contribution in [3.8, 4) is 0 Å². The van der Waals surface area contributed by atoms with Crippen LogP contribution in [0.1, 0.15) is 48.5 Å². The maximum atomic E-state index is 13.7. The van der Waals surface area contributed by atoms with Crippen LogP contribution in [0.15, 0.2) is 41.0 Å². The van der Waals surface area contributed by atoms with Crippen molar-refractivity contribution in [2.45, 2.75) is 33.2 Å². The lowest BCUT2D eigenvalue weighted by Gasteiger charge is -2.29. The van der Waals surface area contributed by atoms with Crippen molar-refractivity contribution in [2.24, 2.45) is 5.41 Å². The number of carbonyl (C=O) groups is 2. The highest BCUT2D eigenvalue weighted by Gasteiger charge is 2.30. The predicted molar refractivity (Wildman–Crippen MR) is 86.1 cm³/mol. The number of hydrogen-bond acceptors (Lipinski definition) is 3. The fraction of sp³-hybridized carbons (Fsp3) is 0.333. The van der Waals surface area contributed by atoms with Crippen LogP contribution in [-0.2, 0) is 11.2 Å². The molecule has 0 aliphatic heterocycles. The monoisotopic (exact) mass is 333 g/mol. The Kier molecular flexibility index (Phi) is 5.07. The van der Waals surface area contributed by atoms with E-state index in [9.17, 15) is 14.0 Å². The summed E-state index contributed by atoms with van der Waals surface area (Å²) >= 11 is 0. The second kappa shape index (κ2) is 6.86. The van der Waals surface area contributed by atoms with E-state index >= 15 is 0 Å². The van der Waals surface area contributed by atoms with Crippen LogP contribution >= 0.6 is 0 Å². The molecule has 0 spiro atoms. The Morgan fingerprint density at radius 3 is 2.50 bits per heavy atom. The van der Waals surface area contributed by atoms with Gasteiger partial charge in [0.2, 0.25) is 5.91 Å². The number of carbonyl (C=O) groups excluding carboxylic acids is 1. The molecule has 0 aliphatic rings. The summed E-state index contributed by atoms with van der Waals surface area (Å²) in [6.07, 6.45) is 1.49. The van der Waals surface area contributed by atoms with Crippen LogP contribution < -0.4 is 5.32 Å². The molecule has 0 bridgehead atoms. The van der Waals surface area contributed by atoms with Crippen molar-refractivity contribution >= 4 is 11.9 Å². The van der Waals surface area contributed by atoms with Gasteiger partial charge in [-0.2, -0.15) is 0 Å². The summed E-state index contributed by atoms with van der Waals surface area (Å²) in [7, 11) is 0. The van der Waals surface area contributed by atoms with Crippen molar-refractivity contribution < 1.29 is 23.5 Å². The maximum Gasteiger partial charge on any atom is 0.338 e. The first-order valence-electron chi connectivity index (χ1n) is 7.53. The van der Waals surface area contributed by atoms with Gasteiger partial charge in [0.15, 0.2) is 0 Å². The highest BCUT2D eigenvalue weighted by molar-refractivity contribution is 5.88. The molecular weight excluding hydrogens is 313 g/mol. The average molecular weight is 333 g/mol. The minimum absolute atomic E-state index is 0.0515. The van der Waals surface area contributed by atoms with Crippen LogP contribution in [0.25, 0.3) is 0 Å². The van der Waals surface area contributed by atoms with Crippen LogP contribution in [0, 0.1) is 11.2 Å². The summed E-state index contributed by atoms with van der Waals surface area (Å²) < 4.78 is 19.1. The first-order chi connectivity index (χ1) is 11.2. The van der Waals surface area contributed by atoms with E-state index in [1.165, 1.54) is 6.07 Å². The molecule has 2 N–H and O–H groups in total. The zero-order valence-corrected chi connectivity index (χ0v) is 13.8. The zero-order chi connectivity index (χ0) is 17.9. The highest BCUT2D eigenvalue weighted by Crippen LogP contribution is 2.33. The summed E-state index contributed by atoms with van der Waals surface area (Å²) in [5.41, 5.74) is -0.282. The van der Waals surface area contributed by atoms with Gasteiger partial charge in [-0.25, -0.2) is 9.18 Å². The lowest BCUT2D eigenvalue weighted by molar-refractivity contribution is -0.122. The largest absolute Gasteiger partial charge is 0.478 e. The third kappa shape index (κ3) is 4.22. The molecule has 1 atom stereocenters. The fourth-order valence-electron chi connectivity index (χ4n) is 2.41. The van der Waals surface area contributed by atoms with Crippen LogP contribution in [0.2, 0.25) is 0 Å². The van der Waals surface area contributed by atoms with Gasteiger partial charge in [0.25, 0.3) is 0 Å². The van der Waals surface area contributed by atoms with E-state index in [4.69, 9.17) is 9.52 Å². The van der Waals surface area contributed by atoms with Crippen molar-refractivity contribution in [1.82, 2.24) is 5.32 Å². The van der Waals surface area contributed by atoms with Gasteiger partial charge >= 0.3 is 5.97 Å². The number of carboxylic acid groups (broad SMARTS) is 1. The van der Waals surface area contributed by atoms with Gasteiger partial charge in [-0.05, 0) is 35.2 Å². The van der Waals surface area contributed by atoms with Crippen LogP contribution in [-0.4, -0.2) is 17.0 Å². The summed E-state index contributed by atoms with van der Waals surface area (Å²) in [5, 5.41) is 11.7. The summed E-state index contributed by atoms with van der Waals surface area (Å²) in [4.78, 5) is 23.1. The number of carboxylic acids is 1. The summed E-state index contributed by atoms with van der Waals surface area (Å²) in [6, 6.07) is 6.88. The summed E-state index contributed by atoms with van der Waals surface area (Å²) in [6.45, 7) is 5.92. The molecule has 1 aromatic carbocycles. The normalized spacial score (nSPS) is 12.7. The first-order valence-corrected chi connectivity index (χ1v) is 7.53. The number of rotatable bonds is 5. The van der Waals surface area contributed by atoms with E-state index in [0.29, 0.717) is 11.3 Å². The number of furan rings is 1. The molecule has 1 amide bonds. The highest BCUT2D eigenvalue weighted by atomic mass is 19.1. The molecule has 0 saturated heterocycles. The number of hydrogen-bond donors (Lipinski definition) is 2. The van der Waals surface area contributed by atoms with Crippen molar-refractivity contribution in [3.05, 3.63) is 59.3 Å². The predicted octanol–water partition coefficient (Wildman–Crippen LogP) is 3.56. The SMILES string of the molecule is CC(C)(C)C(NC(=O)Cc1ccc(C(=O)O)c(F)c1)c1ccco1. The molecule has 1 unspecified atom stereocenters. The molecule has 1 heterocycles. The van der Waals surface area contributed by atoms with Gasteiger partial charge in [0, 0.05) is 0 Å². The lowest BCUT2D eigenvalue weighted by Crippen LogP contribution is -2.37. The second-order valence-electron chi connectivity index (χ2n) is 6.68. The van der Waals surface area contributed by atoms with Crippen LogP contribution in [0.4, 0.5) is 4.39 Å². The molecule has 5 nitrogen and oxygen atoms in total. The number of aromatic carboxylic acids is 1. The van der Waals surface area contributed by atoms with Gasteiger partial charge in [0.05, 0.1) is 24.3 Å². The van der Waals surface area contributed by atoms with E-state index < -0.39 is 17.3 Å². The van der Waals surface area contributed by atoms with Crippen molar-refractivity contribution in [1.29, 1.82) is 0 Å². The van der Waals surface area contributed by atoms with Gasteiger partial charge in [0.1, 0.15) is 11.6 Å². The van der Waals surface area contributed by atoms with Crippen molar-refractivity contribution in [3.63, 3.8) is 0 Å². The van der Waals surface area contributed by atoms with Gasteiger partial charge in [-0.1, -0.05) is 26.8 Å². The number of nitrogens with one attached hydrogen (secondary N) is 1. The number of amides is 1. The Hall–Kier alpha value is -2.63. The molecule has 0 fully saturated rings. The molecule has 0 radical (unpaired) electrons. The second-order valence-corrected chi connectivity index (χ2v) is 6.68. The average Bonchev–Trinajstić information content (AvgIpc) is 2.96. The minimum atomic E-state index is -1.34. The number of benzene rings is 1. The Balaban J connectivity index is 2.12. The molecule has 1 aromatic heterocycles. The first kappa shape index (κ1) is 17.7. The van der Waals surface area contributed by atoms with Crippen LogP contribution in [0.5, 0.6) is 0 Å². The Morgan fingerprint density at radius 1 is 1.29 bits per heavy atom. The van der Waals surface area contributed by atoms with E-state index in [2.05, 4.69) is 5.32 Å². The fourth-order valence-corrected chi connectivity index (χ4v) is 2.41. The smallest absolute Gasteiger partial charge is 0.338 e. The van der Waals surface area contributed by atoms with Gasteiger partial charge < -0.3 is 14.8 Å². The topological polar surface area (TPSA) is 79.5 Å². The Labute approximate surface area is 139 Å². The van der Waals surface area contributed by atoms with E-state index in [0.717, 1.165) is 12.1 Å². The Morgan fingerprint density at radius 2 is 2.00 bits per heavy atom. The lowest BCUT2D eigenvalue weighted by atomic mass is 9.85. The zero-order valence-electron chi connectivity index (χ0n) is 13.8. The molecule has 128 valence electrons. The standard InChI is InChI=1S/C18H20FNO4/c1-18(2,3)16(14-5-4-8-24-14)20-15(21)10-11-6-7-12(17(22)23)13(19)9-11/h4-9,16H,10H2,1-3H3,(H,20,21)(H,22,23). The van der Waals surface area contributed by atoms with Gasteiger partial charge in [-0.3, -0.25) is 4.79 Å².